The van der Waals surface area contributed by atoms with Gasteiger partial charge in [-0.05, 0) is 29.0 Å². The maximum absolute atomic E-state index is 8.74. The summed E-state index contributed by atoms with van der Waals surface area (Å²) in [5.74, 6) is 0.546. The van der Waals surface area contributed by atoms with E-state index in [0.29, 0.717) is 11.4 Å². The van der Waals surface area contributed by atoms with Crippen LogP contribution in [0.5, 0.6) is 0 Å². The molecule has 0 amide bonds. The highest BCUT2D eigenvalue weighted by molar-refractivity contribution is 5.67. The number of benzene rings is 1. The van der Waals surface area contributed by atoms with E-state index in [4.69, 9.17) is 5.26 Å². The van der Waals surface area contributed by atoms with Crippen LogP contribution in [0.25, 0.3) is 12.2 Å². The van der Waals surface area contributed by atoms with E-state index in [1.165, 1.54) is 4.80 Å². The molecule has 1 aromatic carbocycles. The second-order valence-corrected chi connectivity index (χ2v) is 3.21. The molecule has 0 saturated carbocycles. The van der Waals surface area contributed by atoms with Gasteiger partial charge in [-0.25, -0.2) is 0 Å². The van der Waals surface area contributed by atoms with Crippen LogP contribution >= 0.6 is 0 Å². The van der Waals surface area contributed by atoms with Crippen molar-refractivity contribution < 1.29 is 0 Å². The van der Waals surface area contributed by atoms with E-state index in [-0.39, 0.29) is 0 Å². The summed E-state index contributed by atoms with van der Waals surface area (Å²) in [6.45, 7) is 0. The van der Waals surface area contributed by atoms with Crippen LogP contribution in [-0.4, -0.2) is 20.2 Å². The van der Waals surface area contributed by atoms with Gasteiger partial charge in [0.25, 0.3) is 0 Å². The Hall–Kier alpha value is -2.48. The van der Waals surface area contributed by atoms with Gasteiger partial charge in [-0.1, -0.05) is 18.2 Å². The molecule has 0 N–H and O–H groups in total. The fraction of sp³-hybridized carbons (Fsp3) is 0.0909. The summed E-state index contributed by atoms with van der Waals surface area (Å²) in [5, 5.41) is 20.3. The quantitative estimate of drug-likeness (QED) is 0.749. The smallest absolute Gasteiger partial charge is 0.192 e. The summed E-state index contributed by atoms with van der Waals surface area (Å²) in [6, 6.07) is 9.39. The Kier molecular flexibility index (Phi) is 2.74. The van der Waals surface area contributed by atoms with Crippen LogP contribution in [0.15, 0.2) is 24.3 Å². The van der Waals surface area contributed by atoms with Gasteiger partial charge in [-0.2, -0.15) is 10.1 Å². The molecule has 0 bridgehead atoms. The largest absolute Gasteiger partial charge is 0.197 e. The zero-order chi connectivity index (χ0) is 11.4. The molecule has 0 fully saturated rings. The van der Waals surface area contributed by atoms with E-state index < -0.39 is 0 Å². The number of nitrogens with zero attached hydrogens (tertiary/aromatic N) is 5. The first-order valence-electron chi connectivity index (χ1n) is 4.70. The van der Waals surface area contributed by atoms with Crippen LogP contribution in [0, 0.1) is 11.3 Å². The van der Waals surface area contributed by atoms with Gasteiger partial charge < -0.3 is 0 Å². The molecule has 0 saturated heterocycles. The van der Waals surface area contributed by atoms with Gasteiger partial charge in [0.05, 0.1) is 18.7 Å². The second kappa shape index (κ2) is 4.36. The summed E-state index contributed by atoms with van der Waals surface area (Å²) in [7, 11) is 1.71. The predicted octanol–water partition coefficient (Wildman–Crippen LogP) is 1.25. The SMILES string of the molecule is Cn1nnc(/C=C/c2cccc(C#N)c2)n1. The number of tetrazole rings is 1. The Morgan fingerprint density at radius 3 is 2.94 bits per heavy atom. The Morgan fingerprint density at radius 1 is 1.38 bits per heavy atom. The van der Waals surface area contributed by atoms with Gasteiger partial charge in [0.1, 0.15) is 0 Å². The molecule has 5 heteroatoms. The van der Waals surface area contributed by atoms with Gasteiger partial charge in [-0.15, -0.1) is 10.2 Å². The maximum atomic E-state index is 8.74. The second-order valence-electron chi connectivity index (χ2n) is 3.21. The Balaban J connectivity index is 2.21. The minimum atomic E-state index is 0.546. The van der Waals surface area contributed by atoms with Gasteiger partial charge in [0.15, 0.2) is 5.82 Å². The van der Waals surface area contributed by atoms with Gasteiger partial charge in [0, 0.05) is 0 Å². The van der Waals surface area contributed by atoms with Crippen molar-refractivity contribution in [3.63, 3.8) is 0 Å². The number of nitriles is 1. The molecule has 0 radical (unpaired) electrons. The highest BCUT2D eigenvalue weighted by atomic mass is 15.6. The molecule has 0 aliphatic carbocycles. The summed E-state index contributed by atoms with van der Waals surface area (Å²) in [5.41, 5.74) is 1.57. The molecule has 2 aromatic rings. The van der Waals surface area contributed by atoms with Crippen molar-refractivity contribution in [3.05, 3.63) is 41.2 Å². The topological polar surface area (TPSA) is 67.4 Å². The zero-order valence-electron chi connectivity index (χ0n) is 8.70. The average Bonchev–Trinajstić information content (AvgIpc) is 2.73. The molecular weight excluding hydrogens is 202 g/mol. The standard InChI is InChI=1S/C11H9N5/c1-16-14-11(13-15-16)6-5-9-3-2-4-10(7-9)8-12/h2-7H,1H3/b6-5+. The highest BCUT2D eigenvalue weighted by Gasteiger charge is 1.95. The molecule has 1 heterocycles. The number of hydrogen-bond acceptors (Lipinski definition) is 4. The Labute approximate surface area is 92.6 Å². The molecule has 0 aliphatic heterocycles. The molecule has 0 spiro atoms. The molecule has 5 nitrogen and oxygen atoms in total. The Bertz CT molecular complexity index is 562. The third kappa shape index (κ3) is 2.30. The van der Waals surface area contributed by atoms with E-state index in [1.54, 1.807) is 25.3 Å². The summed E-state index contributed by atoms with van der Waals surface area (Å²) in [6.07, 6.45) is 3.60. The van der Waals surface area contributed by atoms with Crippen molar-refractivity contribution >= 4 is 12.2 Å². The summed E-state index contributed by atoms with van der Waals surface area (Å²) < 4.78 is 0. The molecule has 0 aliphatic rings. The van der Waals surface area contributed by atoms with E-state index in [9.17, 15) is 0 Å². The minimum Gasteiger partial charge on any atom is -0.192 e. The molecule has 1 aromatic heterocycles. The number of hydrogen-bond donors (Lipinski definition) is 0. The monoisotopic (exact) mass is 211 g/mol. The van der Waals surface area contributed by atoms with Crippen LogP contribution in [0.4, 0.5) is 0 Å². The lowest BCUT2D eigenvalue weighted by Gasteiger charge is -1.92. The first kappa shape index (κ1) is 10.1. The fourth-order valence-corrected chi connectivity index (χ4v) is 1.25. The summed E-state index contributed by atoms with van der Waals surface area (Å²) in [4.78, 5) is 1.39. The number of rotatable bonds is 2. The van der Waals surface area contributed by atoms with Crippen LogP contribution in [0.2, 0.25) is 0 Å². The van der Waals surface area contributed by atoms with Crippen molar-refractivity contribution in [2.45, 2.75) is 0 Å². The Morgan fingerprint density at radius 2 is 2.25 bits per heavy atom. The fourth-order valence-electron chi connectivity index (χ4n) is 1.25. The maximum Gasteiger partial charge on any atom is 0.197 e. The van der Waals surface area contributed by atoms with Crippen LogP contribution in [-0.2, 0) is 7.05 Å². The molecule has 78 valence electrons. The highest BCUT2D eigenvalue weighted by Crippen LogP contribution is 2.07. The first-order valence-corrected chi connectivity index (χ1v) is 4.70. The van der Waals surface area contributed by atoms with Crippen LogP contribution < -0.4 is 0 Å². The predicted molar refractivity (Wildman–Crippen MR) is 58.9 cm³/mol. The van der Waals surface area contributed by atoms with Gasteiger partial charge >= 0.3 is 0 Å². The lowest BCUT2D eigenvalue weighted by molar-refractivity contribution is 0.629. The molecule has 0 atom stereocenters. The van der Waals surface area contributed by atoms with Crippen LogP contribution in [0.1, 0.15) is 17.0 Å². The van der Waals surface area contributed by atoms with Crippen molar-refractivity contribution in [3.8, 4) is 6.07 Å². The van der Waals surface area contributed by atoms with Crippen molar-refractivity contribution in [1.29, 1.82) is 5.26 Å². The summed E-state index contributed by atoms with van der Waals surface area (Å²) >= 11 is 0. The van der Waals surface area contributed by atoms with E-state index in [1.807, 2.05) is 18.2 Å². The van der Waals surface area contributed by atoms with E-state index in [2.05, 4.69) is 21.5 Å². The molecule has 0 unspecified atom stereocenters. The third-order valence-electron chi connectivity index (χ3n) is 1.96. The van der Waals surface area contributed by atoms with Gasteiger partial charge in [0.2, 0.25) is 0 Å². The number of aromatic nitrogens is 4. The lowest BCUT2D eigenvalue weighted by Crippen LogP contribution is -1.91. The van der Waals surface area contributed by atoms with Gasteiger partial charge in [-0.3, -0.25) is 0 Å². The van der Waals surface area contributed by atoms with E-state index >= 15 is 0 Å². The molecule has 2 rings (SSSR count). The third-order valence-corrected chi connectivity index (χ3v) is 1.96. The van der Waals surface area contributed by atoms with Crippen molar-refractivity contribution in [1.82, 2.24) is 20.2 Å². The van der Waals surface area contributed by atoms with E-state index in [0.717, 1.165) is 5.56 Å². The molecular formula is C11H9N5. The average molecular weight is 211 g/mol. The lowest BCUT2D eigenvalue weighted by atomic mass is 10.1. The van der Waals surface area contributed by atoms with Crippen molar-refractivity contribution in [2.75, 3.05) is 0 Å². The van der Waals surface area contributed by atoms with Crippen LogP contribution in [0.3, 0.4) is 0 Å². The number of aryl methyl sites for hydroxylation is 1. The first-order chi connectivity index (χ1) is 7.78. The molecule has 16 heavy (non-hydrogen) atoms. The van der Waals surface area contributed by atoms with Crippen molar-refractivity contribution in [2.24, 2.45) is 7.05 Å². The normalized spacial score (nSPS) is 10.5. The zero-order valence-corrected chi connectivity index (χ0v) is 8.70. The minimum absolute atomic E-state index is 0.546.